The molecule has 0 bridgehead atoms. The fourth-order valence-corrected chi connectivity index (χ4v) is 5.53. The number of hydrogen-bond donors (Lipinski definition) is 1. The molecule has 1 N–H and O–H groups in total. The van der Waals surface area contributed by atoms with Crippen LogP contribution in [-0.4, -0.2) is 50.6 Å². The molecular weight excluding hydrogens is 504 g/mol. The van der Waals surface area contributed by atoms with E-state index in [9.17, 15) is 13.2 Å². The van der Waals surface area contributed by atoms with E-state index in [-0.39, 0.29) is 16.6 Å². The van der Waals surface area contributed by atoms with E-state index in [0.29, 0.717) is 48.2 Å². The van der Waals surface area contributed by atoms with E-state index in [1.807, 2.05) is 24.3 Å². The number of oxazole rings is 1. The summed E-state index contributed by atoms with van der Waals surface area (Å²) >= 11 is 0. The van der Waals surface area contributed by atoms with Crippen molar-refractivity contribution >= 4 is 21.4 Å². The molecule has 2 aromatic carbocycles. The summed E-state index contributed by atoms with van der Waals surface area (Å²) in [5, 5.41) is 2.86. The Kier molecular flexibility index (Phi) is 7.52. The second-order valence-electron chi connectivity index (χ2n) is 9.00. The Morgan fingerprint density at radius 3 is 2.45 bits per heavy atom. The Hall–Kier alpha value is -4.02. The molecule has 0 radical (unpaired) electrons. The Morgan fingerprint density at radius 2 is 1.76 bits per heavy atom. The number of amides is 1. The Bertz CT molecular complexity index is 1500. The van der Waals surface area contributed by atoms with Gasteiger partial charge in [-0.2, -0.15) is 0 Å². The van der Waals surface area contributed by atoms with Gasteiger partial charge < -0.3 is 19.4 Å². The summed E-state index contributed by atoms with van der Waals surface area (Å²) in [5.74, 6) is 0.258. The molecule has 0 atom stereocenters. The molecule has 1 saturated heterocycles. The van der Waals surface area contributed by atoms with E-state index >= 15 is 0 Å². The molecular formula is C28H28N4O5S. The fraction of sp³-hybridized carbons (Fsp3) is 0.250. The minimum atomic E-state index is -3.62. The van der Waals surface area contributed by atoms with Crippen molar-refractivity contribution in [1.82, 2.24) is 15.3 Å². The van der Waals surface area contributed by atoms with Crippen LogP contribution >= 0.6 is 0 Å². The van der Waals surface area contributed by atoms with Crippen molar-refractivity contribution in [2.45, 2.75) is 24.1 Å². The topological polar surface area (TPSA) is 115 Å². The third-order valence-corrected chi connectivity index (χ3v) is 8.01. The van der Waals surface area contributed by atoms with Crippen molar-refractivity contribution in [3.8, 4) is 11.5 Å². The van der Waals surface area contributed by atoms with Crippen LogP contribution in [0.4, 0.5) is 5.69 Å². The number of morpholine rings is 1. The maximum Gasteiger partial charge on any atom is 0.251 e. The maximum absolute atomic E-state index is 13.1. The molecule has 9 nitrogen and oxygen atoms in total. The highest BCUT2D eigenvalue weighted by molar-refractivity contribution is 7.90. The number of nitrogens with one attached hydrogen (secondary N) is 1. The van der Waals surface area contributed by atoms with Crippen LogP contribution in [0.2, 0.25) is 0 Å². The fourth-order valence-electron chi connectivity index (χ4n) is 4.19. The Labute approximate surface area is 221 Å². The molecule has 196 valence electrons. The molecule has 10 heteroatoms. The highest BCUT2D eigenvalue weighted by atomic mass is 32.2. The summed E-state index contributed by atoms with van der Waals surface area (Å²) < 4.78 is 37.4. The van der Waals surface area contributed by atoms with Crippen molar-refractivity contribution < 1.29 is 22.4 Å². The number of carbonyl (C=O) groups is 1. The molecule has 1 fully saturated rings. The molecule has 4 aromatic rings. The van der Waals surface area contributed by atoms with Gasteiger partial charge in [0.1, 0.15) is 11.5 Å². The number of rotatable bonds is 8. The van der Waals surface area contributed by atoms with Crippen molar-refractivity contribution in [3.63, 3.8) is 0 Å². The van der Waals surface area contributed by atoms with Crippen LogP contribution in [0.1, 0.15) is 27.4 Å². The largest absolute Gasteiger partial charge is 0.441 e. The standard InChI is InChI=1S/C28H28N4O5S/c1-20-26(19-38(34,35)25-10-8-24(9-11-25)32-13-15-36-16-14-32)31-28(37-20)23-6-4-22(5-7-23)27(33)30-18-21-3-2-12-29-17-21/h2-12,17H,13-16,18-19H2,1H3,(H,30,33). The van der Waals surface area contributed by atoms with Gasteiger partial charge in [0.15, 0.2) is 9.84 Å². The molecule has 1 aliphatic rings. The number of benzene rings is 2. The SMILES string of the molecule is Cc1oc(-c2ccc(C(=O)NCc3cccnc3)cc2)nc1CS(=O)(=O)c1ccc(N2CCOCC2)cc1. The molecule has 1 amide bonds. The van der Waals surface area contributed by atoms with Gasteiger partial charge in [0.2, 0.25) is 5.89 Å². The molecule has 38 heavy (non-hydrogen) atoms. The number of ether oxygens (including phenoxy) is 1. The summed E-state index contributed by atoms with van der Waals surface area (Å²) in [6.07, 6.45) is 3.38. The summed E-state index contributed by atoms with van der Waals surface area (Å²) in [4.78, 5) is 23.4. The highest BCUT2D eigenvalue weighted by Crippen LogP contribution is 2.26. The minimum Gasteiger partial charge on any atom is -0.441 e. The van der Waals surface area contributed by atoms with Gasteiger partial charge >= 0.3 is 0 Å². The van der Waals surface area contributed by atoms with Crippen LogP contribution in [0.25, 0.3) is 11.5 Å². The number of aryl methyl sites for hydroxylation is 1. The Morgan fingerprint density at radius 1 is 1.03 bits per heavy atom. The molecule has 0 spiro atoms. The molecule has 2 aromatic heterocycles. The lowest BCUT2D eigenvalue weighted by Crippen LogP contribution is -2.36. The van der Waals surface area contributed by atoms with Gasteiger partial charge in [-0.1, -0.05) is 6.07 Å². The summed E-state index contributed by atoms with van der Waals surface area (Å²) in [6.45, 7) is 4.96. The van der Waals surface area contributed by atoms with E-state index in [4.69, 9.17) is 9.15 Å². The Balaban J connectivity index is 1.24. The second kappa shape index (κ2) is 11.2. The van der Waals surface area contributed by atoms with Crippen LogP contribution in [-0.2, 0) is 26.9 Å². The molecule has 0 unspecified atom stereocenters. The zero-order valence-electron chi connectivity index (χ0n) is 21.0. The smallest absolute Gasteiger partial charge is 0.251 e. The van der Waals surface area contributed by atoms with Crippen LogP contribution in [0.5, 0.6) is 0 Å². The first-order valence-electron chi connectivity index (χ1n) is 12.3. The van der Waals surface area contributed by atoms with Gasteiger partial charge in [0, 0.05) is 48.8 Å². The predicted octanol–water partition coefficient (Wildman–Crippen LogP) is 3.79. The number of pyridine rings is 1. The first-order valence-corrected chi connectivity index (χ1v) is 13.9. The average Bonchev–Trinajstić information content (AvgIpc) is 3.32. The molecule has 0 saturated carbocycles. The summed E-state index contributed by atoms with van der Waals surface area (Å²) in [6, 6.07) is 17.4. The number of carbonyl (C=O) groups excluding carboxylic acids is 1. The zero-order chi connectivity index (χ0) is 26.5. The lowest BCUT2D eigenvalue weighted by Gasteiger charge is -2.28. The number of hydrogen-bond acceptors (Lipinski definition) is 8. The number of aromatic nitrogens is 2. The van der Waals surface area contributed by atoms with E-state index in [1.54, 1.807) is 55.7 Å². The van der Waals surface area contributed by atoms with Crippen LogP contribution in [0.15, 0.2) is 82.4 Å². The van der Waals surface area contributed by atoms with Crippen molar-refractivity contribution in [1.29, 1.82) is 0 Å². The molecule has 3 heterocycles. The molecule has 1 aliphatic heterocycles. The van der Waals surface area contributed by atoms with Gasteiger partial charge in [-0.05, 0) is 67.1 Å². The third-order valence-electron chi connectivity index (χ3n) is 6.36. The van der Waals surface area contributed by atoms with Gasteiger partial charge in [0.05, 0.1) is 23.8 Å². The van der Waals surface area contributed by atoms with E-state index in [2.05, 4.69) is 20.2 Å². The van der Waals surface area contributed by atoms with E-state index < -0.39 is 9.84 Å². The highest BCUT2D eigenvalue weighted by Gasteiger charge is 2.22. The lowest BCUT2D eigenvalue weighted by atomic mass is 10.1. The van der Waals surface area contributed by atoms with Crippen molar-refractivity contribution in [2.24, 2.45) is 0 Å². The average molecular weight is 533 g/mol. The van der Waals surface area contributed by atoms with Gasteiger partial charge in [0.25, 0.3) is 5.91 Å². The first kappa shape index (κ1) is 25.6. The van der Waals surface area contributed by atoms with Crippen LogP contribution in [0.3, 0.4) is 0 Å². The van der Waals surface area contributed by atoms with E-state index in [1.165, 1.54) is 0 Å². The normalized spacial score (nSPS) is 13.9. The third kappa shape index (κ3) is 5.92. The van der Waals surface area contributed by atoms with Crippen LogP contribution in [0, 0.1) is 6.92 Å². The predicted molar refractivity (Wildman–Crippen MR) is 142 cm³/mol. The van der Waals surface area contributed by atoms with Gasteiger partial charge in [-0.15, -0.1) is 0 Å². The number of anilines is 1. The van der Waals surface area contributed by atoms with Crippen LogP contribution < -0.4 is 10.2 Å². The zero-order valence-corrected chi connectivity index (χ0v) is 21.8. The first-order chi connectivity index (χ1) is 18.4. The van der Waals surface area contributed by atoms with Crippen molar-refractivity contribution in [3.05, 3.63) is 95.6 Å². The number of nitrogens with zero attached hydrogens (tertiary/aromatic N) is 3. The second-order valence-corrected chi connectivity index (χ2v) is 11.0. The molecule has 5 rings (SSSR count). The van der Waals surface area contributed by atoms with Gasteiger partial charge in [-0.3, -0.25) is 9.78 Å². The van der Waals surface area contributed by atoms with E-state index in [0.717, 1.165) is 24.3 Å². The lowest BCUT2D eigenvalue weighted by molar-refractivity contribution is 0.0951. The quantitative estimate of drug-likeness (QED) is 0.365. The maximum atomic E-state index is 13.1. The van der Waals surface area contributed by atoms with Crippen molar-refractivity contribution in [2.75, 3.05) is 31.2 Å². The monoisotopic (exact) mass is 532 g/mol. The van der Waals surface area contributed by atoms with Gasteiger partial charge in [-0.25, -0.2) is 13.4 Å². The summed E-state index contributed by atoms with van der Waals surface area (Å²) in [7, 11) is -3.62. The minimum absolute atomic E-state index is 0.213. The number of sulfone groups is 1. The molecule has 0 aliphatic carbocycles. The summed E-state index contributed by atoms with van der Waals surface area (Å²) in [5.41, 5.74) is 3.37.